The minimum absolute atomic E-state index is 0.420. The van der Waals surface area contributed by atoms with Crippen molar-refractivity contribution in [3.8, 4) is 11.5 Å². The molecule has 0 aliphatic carbocycles. The third kappa shape index (κ3) is 5.32. The molecule has 0 aliphatic rings. The molecule has 1 aromatic heterocycles. The molecule has 1 heterocycles. The Morgan fingerprint density at radius 3 is 2.00 bits per heavy atom. The molecule has 0 fully saturated rings. The van der Waals surface area contributed by atoms with Gasteiger partial charge in [-0.25, -0.2) is 9.97 Å². The normalized spacial score (nSPS) is 10.6. The first-order valence-corrected chi connectivity index (χ1v) is 11.1. The first-order valence-electron chi connectivity index (χ1n) is 10.7. The summed E-state index contributed by atoms with van der Waals surface area (Å²) in [5.74, 6) is 2.14. The summed E-state index contributed by atoms with van der Waals surface area (Å²) in [7, 11) is 3.13. The average Bonchev–Trinajstić information content (AvgIpc) is 2.86. The van der Waals surface area contributed by atoms with Crippen molar-refractivity contribution in [2.45, 2.75) is 13.1 Å². The van der Waals surface area contributed by atoms with Gasteiger partial charge in [-0.15, -0.1) is 0 Å². The van der Waals surface area contributed by atoms with Crippen molar-refractivity contribution >= 4 is 34.6 Å². The summed E-state index contributed by atoms with van der Waals surface area (Å²) < 4.78 is 10.8. The number of rotatable bonds is 9. The number of nitrogens with two attached hydrogens (primary N) is 1. The number of methoxy groups -OCH3 is 2. The highest BCUT2D eigenvalue weighted by Crippen LogP contribution is 2.39. The van der Waals surface area contributed by atoms with E-state index >= 15 is 0 Å². The second kappa shape index (κ2) is 10.8. The summed E-state index contributed by atoms with van der Waals surface area (Å²) in [4.78, 5) is 11.0. The summed E-state index contributed by atoms with van der Waals surface area (Å²) in [5.41, 5.74) is 9.93. The van der Waals surface area contributed by atoms with Gasteiger partial charge in [0, 0.05) is 19.2 Å². The third-order valence-electron chi connectivity index (χ3n) is 5.32. The van der Waals surface area contributed by atoms with Crippen LogP contribution in [0.3, 0.4) is 0 Å². The van der Waals surface area contributed by atoms with E-state index in [9.17, 15) is 0 Å². The summed E-state index contributed by atoms with van der Waals surface area (Å²) >= 11 is 6.33. The van der Waals surface area contributed by atoms with E-state index in [2.05, 4.69) is 44.5 Å². The molecule has 7 nitrogen and oxygen atoms in total. The maximum Gasteiger partial charge on any atom is 0.159 e. The first kappa shape index (κ1) is 23.2. The average molecular weight is 476 g/mol. The highest BCUT2D eigenvalue weighted by atomic mass is 35.5. The summed E-state index contributed by atoms with van der Waals surface area (Å²) in [6, 6.07) is 23.8. The van der Waals surface area contributed by atoms with Gasteiger partial charge in [-0.2, -0.15) is 0 Å². The molecule has 0 unspecified atom stereocenters. The van der Waals surface area contributed by atoms with Crippen molar-refractivity contribution in [1.82, 2.24) is 9.97 Å². The molecule has 0 bridgehead atoms. The number of ether oxygens (including phenoxy) is 2. The van der Waals surface area contributed by atoms with Crippen LogP contribution in [0.15, 0.2) is 79.1 Å². The quantitative estimate of drug-likeness (QED) is 0.322. The fraction of sp³-hybridized carbons (Fsp3) is 0.154. The van der Waals surface area contributed by atoms with E-state index in [4.69, 9.17) is 26.8 Å². The number of nitrogens with zero attached hydrogens (tertiary/aromatic N) is 3. The van der Waals surface area contributed by atoms with Gasteiger partial charge in [0.15, 0.2) is 11.6 Å². The number of anilines is 4. The molecule has 8 heteroatoms. The summed E-state index contributed by atoms with van der Waals surface area (Å²) in [5, 5.41) is 3.68. The maximum atomic E-state index is 6.60. The van der Waals surface area contributed by atoms with Gasteiger partial charge in [0.25, 0.3) is 0 Å². The van der Waals surface area contributed by atoms with Crippen LogP contribution in [0.4, 0.5) is 23.0 Å². The molecule has 0 spiro atoms. The van der Waals surface area contributed by atoms with Gasteiger partial charge in [-0.1, -0.05) is 72.3 Å². The maximum absolute atomic E-state index is 6.60. The lowest BCUT2D eigenvalue weighted by Gasteiger charge is -2.26. The van der Waals surface area contributed by atoms with Crippen LogP contribution in [0.1, 0.15) is 11.1 Å². The Hall–Kier alpha value is -3.97. The zero-order valence-corrected chi connectivity index (χ0v) is 19.8. The number of halogens is 1. The Balaban J connectivity index is 1.69. The molecule has 34 heavy (non-hydrogen) atoms. The van der Waals surface area contributed by atoms with Gasteiger partial charge in [-0.05, 0) is 17.2 Å². The molecule has 4 rings (SSSR count). The van der Waals surface area contributed by atoms with E-state index < -0.39 is 0 Å². The van der Waals surface area contributed by atoms with Gasteiger partial charge in [0.05, 0.1) is 24.9 Å². The minimum atomic E-state index is 0.420. The van der Waals surface area contributed by atoms with Gasteiger partial charge in [0.1, 0.15) is 23.5 Å². The van der Waals surface area contributed by atoms with E-state index in [1.54, 1.807) is 26.4 Å². The van der Waals surface area contributed by atoms with E-state index in [1.807, 2.05) is 36.4 Å². The van der Waals surface area contributed by atoms with Crippen molar-refractivity contribution < 1.29 is 9.47 Å². The number of hydrogen-bond donors (Lipinski definition) is 2. The molecule has 3 N–H and O–H groups in total. The van der Waals surface area contributed by atoms with Crippen LogP contribution in [0.2, 0.25) is 5.02 Å². The van der Waals surface area contributed by atoms with Crippen molar-refractivity contribution in [2.75, 3.05) is 30.2 Å². The summed E-state index contributed by atoms with van der Waals surface area (Å²) in [6.07, 6.45) is 1.49. The highest BCUT2D eigenvalue weighted by Gasteiger charge is 2.18. The molecule has 0 atom stereocenters. The fourth-order valence-corrected chi connectivity index (χ4v) is 3.88. The third-order valence-corrected chi connectivity index (χ3v) is 5.62. The van der Waals surface area contributed by atoms with Crippen molar-refractivity contribution in [1.29, 1.82) is 0 Å². The second-order valence-corrected chi connectivity index (χ2v) is 8.01. The Morgan fingerprint density at radius 1 is 0.853 bits per heavy atom. The van der Waals surface area contributed by atoms with E-state index in [1.165, 1.54) is 6.33 Å². The molecule has 4 aromatic rings. The van der Waals surface area contributed by atoms with Crippen LogP contribution in [0, 0.1) is 0 Å². The highest BCUT2D eigenvalue weighted by molar-refractivity contribution is 6.32. The van der Waals surface area contributed by atoms with Gasteiger partial charge < -0.3 is 25.4 Å². The number of aromatic nitrogens is 2. The van der Waals surface area contributed by atoms with Crippen molar-refractivity contribution in [3.63, 3.8) is 0 Å². The van der Waals surface area contributed by atoms with E-state index in [-0.39, 0.29) is 0 Å². The number of nitrogens with one attached hydrogen (secondary N) is 1. The molecule has 0 aliphatic heterocycles. The van der Waals surface area contributed by atoms with Crippen LogP contribution in [0.25, 0.3) is 0 Å². The van der Waals surface area contributed by atoms with Crippen LogP contribution in [-0.2, 0) is 13.1 Å². The number of hydrogen-bond acceptors (Lipinski definition) is 7. The van der Waals surface area contributed by atoms with Crippen LogP contribution >= 0.6 is 11.6 Å². The van der Waals surface area contributed by atoms with Crippen molar-refractivity contribution in [2.24, 2.45) is 0 Å². The van der Waals surface area contributed by atoms with Crippen LogP contribution in [0.5, 0.6) is 11.5 Å². The second-order valence-electron chi connectivity index (χ2n) is 7.60. The van der Waals surface area contributed by atoms with E-state index in [0.29, 0.717) is 52.6 Å². The van der Waals surface area contributed by atoms with Gasteiger partial charge in [0.2, 0.25) is 0 Å². The Labute approximate surface area is 204 Å². The molecule has 3 aromatic carbocycles. The number of nitrogen functional groups attached to an aromatic ring is 1. The SMILES string of the molecule is COc1cc(OC)c(Nc2ncnc(N(Cc3ccccc3)Cc3ccccc3)c2N)cc1Cl. The standard InChI is InChI=1S/C26H26ClN5O2/c1-33-22-14-23(34-2)21(13-20(22)27)31-25-24(28)26(30-17-29-25)32(15-18-9-5-3-6-10-18)16-19-11-7-4-8-12-19/h3-14,17H,15-16,28H2,1-2H3,(H,29,30,31). The zero-order chi connectivity index (χ0) is 23.9. The topological polar surface area (TPSA) is 85.5 Å². The monoisotopic (exact) mass is 475 g/mol. The zero-order valence-electron chi connectivity index (χ0n) is 19.0. The fourth-order valence-electron chi connectivity index (χ4n) is 3.64. The lowest BCUT2D eigenvalue weighted by molar-refractivity contribution is 0.396. The van der Waals surface area contributed by atoms with Gasteiger partial charge >= 0.3 is 0 Å². The summed E-state index contributed by atoms with van der Waals surface area (Å²) in [6.45, 7) is 1.27. The smallest absolute Gasteiger partial charge is 0.159 e. The van der Waals surface area contributed by atoms with Gasteiger partial charge in [-0.3, -0.25) is 0 Å². The molecular weight excluding hydrogens is 450 g/mol. The lowest BCUT2D eigenvalue weighted by Crippen LogP contribution is -2.24. The largest absolute Gasteiger partial charge is 0.495 e. The Kier molecular flexibility index (Phi) is 7.34. The van der Waals surface area contributed by atoms with Crippen LogP contribution < -0.4 is 25.4 Å². The van der Waals surface area contributed by atoms with Crippen molar-refractivity contribution in [3.05, 3.63) is 95.3 Å². The predicted molar refractivity (Wildman–Crippen MR) is 137 cm³/mol. The molecule has 174 valence electrons. The molecule has 0 saturated heterocycles. The molecular formula is C26H26ClN5O2. The lowest BCUT2D eigenvalue weighted by atomic mass is 10.1. The molecule has 0 amide bonds. The minimum Gasteiger partial charge on any atom is -0.495 e. The molecule has 0 radical (unpaired) electrons. The Bertz CT molecular complexity index is 1200. The number of benzene rings is 3. The molecule has 0 saturated carbocycles. The van der Waals surface area contributed by atoms with Crippen LogP contribution in [-0.4, -0.2) is 24.2 Å². The first-order chi connectivity index (χ1) is 16.6. The Morgan fingerprint density at radius 2 is 1.44 bits per heavy atom. The predicted octanol–water partition coefficient (Wildman–Crippen LogP) is 5.68. The van der Waals surface area contributed by atoms with E-state index in [0.717, 1.165) is 11.1 Å².